The Morgan fingerprint density at radius 3 is 2.40 bits per heavy atom. The fraction of sp³-hybridized carbons (Fsp3) is 0. The van der Waals surface area contributed by atoms with Gasteiger partial charge >= 0.3 is 0 Å². The summed E-state index contributed by atoms with van der Waals surface area (Å²) in [6.45, 7) is 0. The lowest BCUT2D eigenvalue weighted by molar-refractivity contribution is 1.21. The van der Waals surface area contributed by atoms with Crippen molar-refractivity contribution in [1.82, 2.24) is 9.38 Å². The molecule has 8 rings (SSSR count). The Hall–Kier alpha value is -4.34. The first-order valence-corrected chi connectivity index (χ1v) is 12.7. The topological polar surface area (TPSA) is 20.2 Å². The highest BCUT2D eigenvalue weighted by atomic mass is 32.1. The van der Waals surface area contributed by atoms with Crippen LogP contribution in [0.15, 0.2) is 115 Å². The highest BCUT2D eigenvalue weighted by Gasteiger charge is 2.19. The van der Waals surface area contributed by atoms with Crippen molar-refractivity contribution >= 4 is 58.8 Å². The van der Waals surface area contributed by atoms with Gasteiger partial charge in [0.05, 0.1) is 16.7 Å². The SMILES string of the molecule is c1ccc(-c2c3c4cc(-c5cccc6c5sc5ccccc56)ccc4[nH]c3c3ccccn23)cc1. The van der Waals surface area contributed by atoms with Gasteiger partial charge in [-0.1, -0.05) is 78.9 Å². The van der Waals surface area contributed by atoms with Crippen molar-refractivity contribution in [3.05, 3.63) is 115 Å². The molecule has 2 nitrogen and oxygen atoms in total. The molecule has 0 saturated heterocycles. The molecule has 8 aromatic rings. The van der Waals surface area contributed by atoms with E-state index < -0.39 is 0 Å². The molecule has 0 spiro atoms. The summed E-state index contributed by atoms with van der Waals surface area (Å²) in [6, 6.07) is 39.4. The summed E-state index contributed by atoms with van der Waals surface area (Å²) >= 11 is 1.89. The van der Waals surface area contributed by atoms with Crippen molar-refractivity contribution in [1.29, 1.82) is 0 Å². The summed E-state index contributed by atoms with van der Waals surface area (Å²) in [4.78, 5) is 3.73. The zero-order valence-corrected chi connectivity index (χ0v) is 19.6. The van der Waals surface area contributed by atoms with Gasteiger partial charge in [-0.3, -0.25) is 0 Å². The second-order valence-corrected chi connectivity index (χ2v) is 10.1. The molecule has 164 valence electrons. The summed E-state index contributed by atoms with van der Waals surface area (Å²) in [6.07, 6.45) is 2.17. The average molecular weight is 465 g/mol. The first-order chi connectivity index (χ1) is 17.4. The first kappa shape index (κ1) is 19.0. The Labute approximate surface area is 205 Å². The smallest absolute Gasteiger partial charge is 0.0731 e. The largest absolute Gasteiger partial charge is 0.353 e. The standard InChI is InChI=1S/C32H20N2S/c1-2-9-20(10-3-1)31-29-25-19-21(16-17-26(25)33-30(29)27-14-6-7-18-34(27)31)22-12-8-13-24-23-11-4-5-15-28(23)35-32(22)24/h1-19,33H. The van der Waals surface area contributed by atoms with Crippen molar-refractivity contribution in [2.45, 2.75) is 0 Å². The van der Waals surface area contributed by atoms with Crippen LogP contribution in [0, 0.1) is 0 Å². The van der Waals surface area contributed by atoms with Gasteiger partial charge in [0.2, 0.25) is 0 Å². The summed E-state index contributed by atoms with van der Waals surface area (Å²) in [5.41, 5.74) is 8.57. The summed E-state index contributed by atoms with van der Waals surface area (Å²) < 4.78 is 5.00. The molecule has 4 heterocycles. The van der Waals surface area contributed by atoms with Crippen LogP contribution in [0.25, 0.3) is 69.9 Å². The Bertz CT molecular complexity index is 2050. The van der Waals surface area contributed by atoms with Crippen molar-refractivity contribution in [3.8, 4) is 22.4 Å². The van der Waals surface area contributed by atoms with Crippen molar-refractivity contribution < 1.29 is 0 Å². The minimum Gasteiger partial charge on any atom is -0.353 e. The van der Waals surface area contributed by atoms with E-state index in [1.54, 1.807) is 0 Å². The van der Waals surface area contributed by atoms with Crippen LogP contribution in [0.3, 0.4) is 0 Å². The molecule has 0 saturated carbocycles. The third-order valence-electron chi connectivity index (χ3n) is 7.15. The number of fused-ring (bicyclic) bond motifs is 8. The number of H-pyrrole nitrogens is 1. The number of aromatic amines is 1. The van der Waals surface area contributed by atoms with Crippen LogP contribution in [0.2, 0.25) is 0 Å². The minimum atomic E-state index is 1.17. The second-order valence-electron chi connectivity index (χ2n) is 9.09. The summed E-state index contributed by atoms with van der Waals surface area (Å²) in [5.74, 6) is 0. The normalized spacial score (nSPS) is 12.0. The molecule has 0 aliphatic heterocycles. The van der Waals surface area contributed by atoms with Gasteiger partial charge < -0.3 is 9.38 Å². The molecule has 0 aliphatic rings. The van der Waals surface area contributed by atoms with E-state index >= 15 is 0 Å². The molecule has 4 aromatic carbocycles. The van der Waals surface area contributed by atoms with E-state index in [9.17, 15) is 0 Å². The van der Waals surface area contributed by atoms with Crippen LogP contribution < -0.4 is 0 Å². The van der Waals surface area contributed by atoms with Crippen molar-refractivity contribution in [2.24, 2.45) is 0 Å². The number of pyridine rings is 1. The average Bonchev–Trinajstić information content (AvgIpc) is 3.57. The minimum absolute atomic E-state index is 1.17. The van der Waals surface area contributed by atoms with E-state index in [0.29, 0.717) is 0 Å². The number of hydrogen-bond acceptors (Lipinski definition) is 1. The van der Waals surface area contributed by atoms with E-state index in [4.69, 9.17) is 0 Å². The van der Waals surface area contributed by atoms with Crippen molar-refractivity contribution in [3.63, 3.8) is 0 Å². The first-order valence-electron chi connectivity index (χ1n) is 11.9. The van der Waals surface area contributed by atoms with Gasteiger partial charge in [0, 0.05) is 42.7 Å². The molecule has 4 aromatic heterocycles. The predicted octanol–water partition coefficient (Wildman–Crippen LogP) is 9.28. The molecular weight excluding hydrogens is 444 g/mol. The Kier molecular flexibility index (Phi) is 3.85. The lowest BCUT2D eigenvalue weighted by Gasteiger charge is -2.07. The highest BCUT2D eigenvalue weighted by molar-refractivity contribution is 7.26. The quantitative estimate of drug-likeness (QED) is 0.263. The van der Waals surface area contributed by atoms with Crippen LogP contribution >= 0.6 is 11.3 Å². The number of aromatic nitrogens is 2. The van der Waals surface area contributed by atoms with Gasteiger partial charge in [-0.05, 0) is 47.0 Å². The Morgan fingerprint density at radius 2 is 1.46 bits per heavy atom. The van der Waals surface area contributed by atoms with Gasteiger partial charge in [0.25, 0.3) is 0 Å². The van der Waals surface area contributed by atoms with Gasteiger partial charge in [0.1, 0.15) is 0 Å². The van der Waals surface area contributed by atoms with E-state index in [1.807, 2.05) is 11.3 Å². The van der Waals surface area contributed by atoms with Crippen LogP contribution in [0.1, 0.15) is 0 Å². The Balaban J connectivity index is 1.47. The molecule has 0 aliphatic carbocycles. The number of rotatable bonds is 2. The third-order valence-corrected chi connectivity index (χ3v) is 8.37. The summed E-state index contributed by atoms with van der Waals surface area (Å²) in [7, 11) is 0. The number of benzene rings is 4. The fourth-order valence-corrected chi connectivity index (χ4v) is 6.85. The number of hydrogen-bond donors (Lipinski definition) is 1. The molecule has 35 heavy (non-hydrogen) atoms. The molecule has 0 radical (unpaired) electrons. The molecule has 0 fully saturated rings. The second kappa shape index (κ2) is 7.08. The molecule has 0 bridgehead atoms. The van der Waals surface area contributed by atoms with Crippen molar-refractivity contribution in [2.75, 3.05) is 0 Å². The zero-order valence-electron chi connectivity index (χ0n) is 18.8. The van der Waals surface area contributed by atoms with Gasteiger partial charge in [-0.2, -0.15) is 0 Å². The van der Waals surface area contributed by atoms with Crippen LogP contribution in [-0.4, -0.2) is 9.38 Å². The highest BCUT2D eigenvalue weighted by Crippen LogP contribution is 2.43. The maximum atomic E-state index is 3.73. The van der Waals surface area contributed by atoms with Crippen LogP contribution in [0.4, 0.5) is 0 Å². The molecule has 1 N–H and O–H groups in total. The number of thiophene rings is 1. The molecule has 0 atom stereocenters. The monoisotopic (exact) mass is 464 g/mol. The number of nitrogens with one attached hydrogen (secondary N) is 1. The zero-order chi connectivity index (χ0) is 22.9. The van der Waals surface area contributed by atoms with Gasteiger partial charge in [-0.25, -0.2) is 0 Å². The van der Waals surface area contributed by atoms with Gasteiger partial charge in [0.15, 0.2) is 0 Å². The molecule has 0 amide bonds. The summed E-state index contributed by atoms with van der Waals surface area (Å²) in [5, 5.41) is 5.22. The predicted molar refractivity (Wildman–Crippen MR) is 151 cm³/mol. The van der Waals surface area contributed by atoms with Gasteiger partial charge in [-0.15, -0.1) is 11.3 Å². The van der Waals surface area contributed by atoms with Crippen LogP contribution in [-0.2, 0) is 0 Å². The lowest BCUT2D eigenvalue weighted by atomic mass is 10.00. The van der Waals surface area contributed by atoms with E-state index in [2.05, 4.69) is 125 Å². The van der Waals surface area contributed by atoms with E-state index in [-0.39, 0.29) is 0 Å². The fourth-order valence-electron chi connectivity index (χ4n) is 5.61. The number of nitrogens with zero attached hydrogens (tertiary/aromatic N) is 1. The molecule has 3 heteroatoms. The third kappa shape index (κ3) is 2.64. The van der Waals surface area contributed by atoms with E-state index in [0.717, 1.165) is 0 Å². The molecule has 0 unspecified atom stereocenters. The van der Waals surface area contributed by atoms with Crippen LogP contribution in [0.5, 0.6) is 0 Å². The molecular formula is C32H20N2S. The maximum Gasteiger partial charge on any atom is 0.0731 e. The lowest BCUT2D eigenvalue weighted by Crippen LogP contribution is -1.88. The maximum absolute atomic E-state index is 3.73. The Morgan fingerprint density at radius 1 is 0.629 bits per heavy atom. The van der Waals surface area contributed by atoms with E-state index in [1.165, 1.54) is 69.9 Å².